The summed E-state index contributed by atoms with van der Waals surface area (Å²) >= 11 is 0. The molecule has 0 spiro atoms. The monoisotopic (exact) mass is 382 g/mol. The van der Waals surface area contributed by atoms with E-state index >= 15 is 0 Å². The van der Waals surface area contributed by atoms with E-state index in [4.69, 9.17) is 5.10 Å². The predicted octanol–water partition coefficient (Wildman–Crippen LogP) is 5.86. The average molecular weight is 383 g/mol. The van der Waals surface area contributed by atoms with Crippen molar-refractivity contribution < 1.29 is 0 Å². The number of nitrogens with one attached hydrogen (secondary N) is 1. The summed E-state index contributed by atoms with van der Waals surface area (Å²) < 4.78 is 4.48. The molecule has 2 aromatic carbocycles. The van der Waals surface area contributed by atoms with Crippen molar-refractivity contribution in [2.45, 2.75) is 40.8 Å². The van der Waals surface area contributed by atoms with Crippen LogP contribution in [0.1, 0.15) is 39.9 Å². The van der Waals surface area contributed by atoms with Crippen LogP contribution >= 0.6 is 0 Å². The van der Waals surface area contributed by atoms with Crippen molar-refractivity contribution in [2.24, 2.45) is 0 Å². The second kappa shape index (κ2) is 6.38. The number of anilines is 1. The molecule has 0 radical (unpaired) electrons. The first-order valence-corrected chi connectivity index (χ1v) is 10.1. The van der Waals surface area contributed by atoms with Gasteiger partial charge in [-0.05, 0) is 76.1 Å². The Hall–Kier alpha value is -3.27. The van der Waals surface area contributed by atoms with Crippen LogP contribution in [0.3, 0.4) is 0 Å². The molecule has 0 aliphatic carbocycles. The minimum atomic E-state index is -0.0277. The van der Waals surface area contributed by atoms with Gasteiger partial charge in [0, 0.05) is 33.9 Å². The second-order valence-corrected chi connectivity index (χ2v) is 8.14. The highest BCUT2D eigenvalue weighted by Gasteiger charge is 2.29. The molecular formula is C25H26N4. The molecule has 3 heterocycles. The maximum Gasteiger partial charge on any atom is 0.149 e. The van der Waals surface area contributed by atoms with Crippen LogP contribution in [0.15, 0.2) is 54.6 Å². The molecule has 1 aliphatic rings. The fraction of sp³-hybridized carbons (Fsp3) is 0.240. The van der Waals surface area contributed by atoms with Crippen LogP contribution in [0.5, 0.6) is 0 Å². The van der Waals surface area contributed by atoms with Gasteiger partial charge in [-0.25, -0.2) is 4.68 Å². The number of rotatable bonds is 2. The van der Waals surface area contributed by atoms with Gasteiger partial charge in [-0.2, -0.15) is 5.10 Å². The van der Waals surface area contributed by atoms with Gasteiger partial charge < -0.3 is 9.88 Å². The predicted molar refractivity (Wildman–Crippen MR) is 119 cm³/mol. The van der Waals surface area contributed by atoms with E-state index in [1.807, 2.05) is 0 Å². The summed E-state index contributed by atoms with van der Waals surface area (Å²) in [5.41, 5.74) is 12.1. The molecule has 2 aromatic heterocycles. The van der Waals surface area contributed by atoms with E-state index in [-0.39, 0.29) is 6.17 Å². The molecule has 146 valence electrons. The summed E-state index contributed by atoms with van der Waals surface area (Å²) in [7, 11) is 0. The molecule has 0 fully saturated rings. The Morgan fingerprint density at radius 3 is 2.45 bits per heavy atom. The van der Waals surface area contributed by atoms with Gasteiger partial charge in [0.15, 0.2) is 0 Å². The van der Waals surface area contributed by atoms with Crippen molar-refractivity contribution in [1.82, 2.24) is 14.3 Å². The van der Waals surface area contributed by atoms with Gasteiger partial charge >= 0.3 is 0 Å². The molecule has 1 unspecified atom stereocenters. The molecule has 0 saturated carbocycles. The number of aryl methyl sites for hydroxylation is 4. The third-order valence-electron chi connectivity index (χ3n) is 6.11. The minimum Gasteiger partial charge on any atom is -0.359 e. The van der Waals surface area contributed by atoms with Crippen molar-refractivity contribution in [3.05, 3.63) is 88.4 Å². The lowest BCUT2D eigenvalue weighted by atomic mass is 10.0. The van der Waals surface area contributed by atoms with E-state index in [9.17, 15) is 0 Å². The number of nitrogens with zero attached hydrogens (tertiary/aromatic N) is 3. The Kier molecular flexibility index (Phi) is 3.91. The first-order chi connectivity index (χ1) is 13.9. The highest BCUT2D eigenvalue weighted by molar-refractivity contribution is 5.78. The average Bonchev–Trinajstić information content (AvgIpc) is 3.23. The standard InChI is InChI=1S/C25H26N4/c1-15-10-11-20(12-16(15)2)28-18(4)14-22(19(28)5)25-26-23-9-7-6-8-21(23)24-13-17(3)27-29(24)25/h6-14,25-26H,1-5H3. The van der Waals surface area contributed by atoms with Crippen LogP contribution in [-0.2, 0) is 0 Å². The number of hydrogen-bond donors (Lipinski definition) is 1. The molecule has 4 nitrogen and oxygen atoms in total. The van der Waals surface area contributed by atoms with Gasteiger partial charge in [0.05, 0.1) is 11.4 Å². The zero-order valence-electron chi connectivity index (χ0n) is 17.6. The number of benzene rings is 2. The summed E-state index contributed by atoms with van der Waals surface area (Å²) in [6.45, 7) is 10.8. The van der Waals surface area contributed by atoms with E-state index in [1.165, 1.54) is 39.3 Å². The van der Waals surface area contributed by atoms with E-state index in [0.29, 0.717) is 0 Å². The van der Waals surface area contributed by atoms with Crippen LogP contribution in [0, 0.1) is 34.6 Å². The largest absolute Gasteiger partial charge is 0.359 e. The zero-order chi connectivity index (χ0) is 20.3. The van der Waals surface area contributed by atoms with Crippen molar-refractivity contribution in [1.29, 1.82) is 0 Å². The minimum absolute atomic E-state index is 0.0277. The summed E-state index contributed by atoms with van der Waals surface area (Å²) in [5, 5.41) is 8.55. The highest BCUT2D eigenvalue weighted by atomic mass is 15.4. The van der Waals surface area contributed by atoms with Crippen molar-refractivity contribution in [2.75, 3.05) is 5.32 Å². The Balaban J connectivity index is 1.67. The van der Waals surface area contributed by atoms with Gasteiger partial charge in [-0.3, -0.25) is 0 Å². The lowest BCUT2D eigenvalue weighted by Gasteiger charge is -2.29. The first-order valence-electron chi connectivity index (χ1n) is 10.1. The van der Waals surface area contributed by atoms with Gasteiger partial charge in [0.25, 0.3) is 0 Å². The Morgan fingerprint density at radius 1 is 0.862 bits per heavy atom. The molecule has 1 aliphatic heterocycles. The van der Waals surface area contributed by atoms with E-state index < -0.39 is 0 Å². The maximum atomic E-state index is 4.83. The Labute approximate surface area is 171 Å². The lowest BCUT2D eigenvalue weighted by molar-refractivity contribution is 0.568. The van der Waals surface area contributed by atoms with Crippen LogP contribution < -0.4 is 5.32 Å². The van der Waals surface area contributed by atoms with Gasteiger partial charge in [-0.15, -0.1) is 0 Å². The van der Waals surface area contributed by atoms with Gasteiger partial charge in [-0.1, -0.05) is 24.3 Å². The number of hydrogen-bond acceptors (Lipinski definition) is 2. The fourth-order valence-electron chi connectivity index (χ4n) is 4.49. The van der Waals surface area contributed by atoms with Crippen LogP contribution in [-0.4, -0.2) is 14.3 Å². The highest BCUT2D eigenvalue weighted by Crippen LogP contribution is 2.40. The third-order valence-corrected chi connectivity index (χ3v) is 6.11. The number of fused-ring (bicyclic) bond motifs is 3. The van der Waals surface area contributed by atoms with Crippen LogP contribution in [0.4, 0.5) is 5.69 Å². The van der Waals surface area contributed by atoms with Crippen molar-refractivity contribution in [3.8, 4) is 16.9 Å². The molecule has 4 heteroatoms. The molecular weight excluding hydrogens is 356 g/mol. The molecule has 0 amide bonds. The van der Waals surface area contributed by atoms with Crippen molar-refractivity contribution in [3.63, 3.8) is 0 Å². The molecule has 29 heavy (non-hydrogen) atoms. The summed E-state index contributed by atoms with van der Waals surface area (Å²) in [4.78, 5) is 0. The topological polar surface area (TPSA) is 34.8 Å². The molecule has 1 N–H and O–H groups in total. The first kappa shape index (κ1) is 17.8. The number of aromatic nitrogens is 3. The smallest absolute Gasteiger partial charge is 0.149 e. The summed E-state index contributed by atoms with van der Waals surface area (Å²) in [5.74, 6) is 0. The SMILES string of the molecule is Cc1cc2n(n1)C(c1cc(C)n(-c3ccc(C)c(C)c3)c1C)Nc1ccccc1-2. The Morgan fingerprint density at radius 2 is 1.66 bits per heavy atom. The summed E-state index contributed by atoms with van der Waals surface area (Å²) in [6, 6.07) is 19.6. The second-order valence-electron chi connectivity index (χ2n) is 8.14. The van der Waals surface area contributed by atoms with Crippen LogP contribution in [0.2, 0.25) is 0 Å². The van der Waals surface area contributed by atoms with Crippen LogP contribution in [0.25, 0.3) is 16.9 Å². The van der Waals surface area contributed by atoms with Gasteiger partial charge in [0.1, 0.15) is 6.17 Å². The molecule has 4 aromatic rings. The fourth-order valence-corrected chi connectivity index (χ4v) is 4.49. The van der Waals surface area contributed by atoms with E-state index in [1.54, 1.807) is 0 Å². The molecule has 1 atom stereocenters. The van der Waals surface area contributed by atoms with E-state index in [2.05, 4.69) is 104 Å². The van der Waals surface area contributed by atoms with Gasteiger partial charge in [0.2, 0.25) is 0 Å². The quantitative estimate of drug-likeness (QED) is 0.471. The normalized spacial score (nSPS) is 15.0. The molecule has 0 saturated heterocycles. The maximum absolute atomic E-state index is 4.83. The summed E-state index contributed by atoms with van der Waals surface area (Å²) in [6.07, 6.45) is -0.0277. The van der Waals surface area contributed by atoms with E-state index in [0.717, 1.165) is 17.1 Å². The lowest BCUT2D eigenvalue weighted by Crippen LogP contribution is -2.26. The number of para-hydroxylation sites is 1. The van der Waals surface area contributed by atoms with Crippen molar-refractivity contribution >= 4 is 5.69 Å². The molecule has 0 bridgehead atoms. The Bertz CT molecular complexity index is 1240. The zero-order valence-corrected chi connectivity index (χ0v) is 17.6. The molecule has 5 rings (SSSR count). The third kappa shape index (κ3) is 2.70.